The third kappa shape index (κ3) is 3.74. The highest BCUT2D eigenvalue weighted by molar-refractivity contribution is 7.86. The Morgan fingerprint density at radius 2 is 2.24 bits per heavy atom. The molecule has 1 atom stereocenters. The van der Waals surface area contributed by atoms with Gasteiger partial charge in [0, 0.05) is 39.3 Å². The van der Waals surface area contributed by atoms with Crippen molar-refractivity contribution in [2.75, 3.05) is 33.8 Å². The lowest BCUT2D eigenvalue weighted by Crippen LogP contribution is -2.55. The summed E-state index contributed by atoms with van der Waals surface area (Å²) in [5.41, 5.74) is 0.906. The molecule has 1 aromatic carbocycles. The Labute approximate surface area is 126 Å². The van der Waals surface area contributed by atoms with Gasteiger partial charge < -0.3 is 10.1 Å². The van der Waals surface area contributed by atoms with Crippen LogP contribution >= 0.6 is 0 Å². The van der Waals surface area contributed by atoms with E-state index in [9.17, 15) is 8.42 Å². The summed E-state index contributed by atoms with van der Waals surface area (Å²) in [4.78, 5) is 0. The van der Waals surface area contributed by atoms with E-state index in [1.54, 1.807) is 18.5 Å². The van der Waals surface area contributed by atoms with Crippen molar-refractivity contribution in [2.24, 2.45) is 0 Å². The van der Waals surface area contributed by atoms with Crippen molar-refractivity contribution in [3.63, 3.8) is 0 Å². The van der Waals surface area contributed by atoms with Crippen molar-refractivity contribution >= 4 is 10.2 Å². The lowest BCUT2D eigenvalue weighted by Gasteiger charge is -2.35. The Morgan fingerprint density at radius 3 is 2.90 bits per heavy atom. The number of piperazine rings is 1. The summed E-state index contributed by atoms with van der Waals surface area (Å²) in [6, 6.07) is 7.43. The highest BCUT2D eigenvalue weighted by Gasteiger charge is 2.32. The molecule has 0 aliphatic carbocycles. The fourth-order valence-electron chi connectivity index (χ4n) is 2.45. The third-order valence-corrected chi connectivity index (χ3v) is 5.72. The van der Waals surface area contributed by atoms with Gasteiger partial charge in [0.25, 0.3) is 10.2 Å². The highest BCUT2D eigenvalue weighted by Crippen LogP contribution is 2.18. The van der Waals surface area contributed by atoms with Gasteiger partial charge in [0.15, 0.2) is 0 Å². The lowest BCUT2D eigenvalue weighted by atomic mass is 10.2. The van der Waals surface area contributed by atoms with Gasteiger partial charge in [-0.2, -0.15) is 17.0 Å². The molecule has 1 aliphatic rings. The van der Waals surface area contributed by atoms with Crippen LogP contribution in [0, 0.1) is 0 Å². The molecule has 6 nitrogen and oxygen atoms in total. The molecule has 0 spiro atoms. The minimum Gasteiger partial charge on any atom is -0.497 e. The van der Waals surface area contributed by atoms with Crippen LogP contribution in [0.1, 0.15) is 12.5 Å². The molecule has 0 radical (unpaired) electrons. The molecule has 0 aromatic heterocycles. The summed E-state index contributed by atoms with van der Waals surface area (Å²) < 4.78 is 33.4. The Hall–Kier alpha value is -1.15. The van der Waals surface area contributed by atoms with Crippen LogP contribution in [-0.4, -0.2) is 56.9 Å². The number of methoxy groups -OCH3 is 1. The number of hydrogen-bond acceptors (Lipinski definition) is 4. The van der Waals surface area contributed by atoms with Crippen molar-refractivity contribution in [3.05, 3.63) is 29.8 Å². The van der Waals surface area contributed by atoms with Gasteiger partial charge in [-0.3, -0.25) is 0 Å². The van der Waals surface area contributed by atoms with E-state index in [-0.39, 0.29) is 6.04 Å². The second kappa shape index (κ2) is 6.74. The van der Waals surface area contributed by atoms with Crippen LogP contribution in [0.5, 0.6) is 5.75 Å². The molecule has 2 rings (SSSR count). The Bertz CT molecular complexity index is 577. The van der Waals surface area contributed by atoms with E-state index in [0.29, 0.717) is 26.2 Å². The van der Waals surface area contributed by atoms with Gasteiger partial charge in [-0.15, -0.1) is 0 Å². The summed E-state index contributed by atoms with van der Waals surface area (Å²) in [6.07, 6.45) is 0. The SMILES string of the molecule is COc1cccc(CN(C)S(=O)(=O)N2CCNCC2C)c1. The Balaban J connectivity index is 2.12. The number of nitrogens with one attached hydrogen (secondary N) is 1. The maximum atomic E-state index is 12.6. The molecule has 1 unspecified atom stereocenters. The molecular formula is C14H23N3O3S. The number of ether oxygens (including phenoxy) is 1. The van der Waals surface area contributed by atoms with E-state index in [1.807, 2.05) is 31.2 Å². The predicted molar refractivity (Wildman–Crippen MR) is 82.4 cm³/mol. The molecule has 1 heterocycles. The molecule has 0 amide bonds. The molecule has 1 aromatic rings. The van der Waals surface area contributed by atoms with Crippen molar-refractivity contribution < 1.29 is 13.2 Å². The molecule has 21 heavy (non-hydrogen) atoms. The van der Waals surface area contributed by atoms with Crippen molar-refractivity contribution in [1.29, 1.82) is 0 Å². The molecule has 118 valence electrons. The molecule has 1 fully saturated rings. The van der Waals surface area contributed by atoms with E-state index in [4.69, 9.17) is 4.74 Å². The smallest absolute Gasteiger partial charge is 0.282 e. The average Bonchev–Trinajstić information content (AvgIpc) is 2.47. The highest BCUT2D eigenvalue weighted by atomic mass is 32.2. The molecule has 1 N–H and O–H groups in total. The summed E-state index contributed by atoms with van der Waals surface area (Å²) in [7, 11) is -0.229. The summed E-state index contributed by atoms with van der Waals surface area (Å²) in [5, 5.41) is 3.20. The summed E-state index contributed by atoms with van der Waals surface area (Å²) in [5.74, 6) is 0.730. The first-order valence-electron chi connectivity index (χ1n) is 7.02. The largest absolute Gasteiger partial charge is 0.497 e. The first-order valence-corrected chi connectivity index (χ1v) is 8.41. The number of hydrogen-bond donors (Lipinski definition) is 1. The Morgan fingerprint density at radius 1 is 1.48 bits per heavy atom. The second-order valence-corrected chi connectivity index (χ2v) is 7.27. The topological polar surface area (TPSA) is 61.9 Å². The normalized spacial score (nSPS) is 20.7. The van der Waals surface area contributed by atoms with Crippen molar-refractivity contribution in [1.82, 2.24) is 13.9 Å². The van der Waals surface area contributed by atoms with Crippen LogP contribution in [-0.2, 0) is 16.8 Å². The monoisotopic (exact) mass is 313 g/mol. The first-order chi connectivity index (χ1) is 9.95. The fraction of sp³-hybridized carbons (Fsp3) is 0.571. The van der Waals surface area contributed by atoms with E-state index in [2.05, 4.69) is 5.32 Å². The molecule has 1 saturated heterocycles. The molecular weight excluding hydrogens is 290 g/mol. The first kappa shape index (κ1) is 16.2. The minimum absolute atomic E-state index is 0.0310. The quantitative estimate of drug-likeness (QED) is 0.868. The molecule has 1 aliphatic heterocycles. The fourth-order valence-corrected chi connectivity index (χ4v) is 3.98. The van der Waals surface area contributed by atoms with Gasteiger partial charge in [0.2, 0.25) is 0 Å². The molecule has 0 saturated carbocycles. The lowest BCUT2D eigenvalue weighted by molar-refractivity contribution is 0.262. The Kier molecular flexibility index (Phi) is 5.21. The number of nitrogens with zero attached hydrogens (tertiary/aromatic N) is 2. The van der Waals surface area contributed by atoms with E-state index < -0.39 is 10.2 Å². The maximum absolute atomic E-state index is 12.6. The van der Waals surface area contributed by atoms with Gasteiger partial charge in [0.1, 0.15) is 5.75 Å². The number of benzene rings is 1. The standard InChI is InChI=1S/C14H23N3O3S/c1-12-10-15-7-8-17(12)21(18,19)16(2)11-13-5-4-6-14(9-13)20-3/h4-6,9,12,15H,7-8,10-11H2,1-3H3. The van der Waals surface area contributed by atoms with Crippen LogP contribution in [0.2, 0.25) is 0 Å². The zero-order chi connectivity index (χ0) is 15.5. The van der Waals surface area contributed by atoms with Crippen molar-refractivity contribution in [2.45, 2.75) is 19.5 Å². The van der Waals surface area contributed by atoms with Gasteiger partial charge >= 0.3 is 0 Å². The number of rotatable bonds is 5. The third-order valence-electron chi connectivity index (χ3n) is 3.67. The second-order valence-electron chi connectivity index (χ2n) is 5.28. The zero-order valence-corrected chi connectivity index (χ0v) is 13.6. The average molecular weight is 313 g/mol. The van der Waals surface area contributed by atoms with Gasteiger partial charge in [0.05, 0.1) is 7.11 Å². The predicted octanol–water partition coefficient (Wildman–Crippen LogP) is 0.666. The van der Waals surface area contributed by atoms with E-state index >= 15 is 0 Å². The minimum atomic E-state index is -3.44. The van der Waals surface area contributed by atoms with Gasteiger partial charge in [-0.25, -0.2) is 0 Å². The maximum Gasteiger partial charge on any atom is 0.282 e. The molecule has 7 heteroatoms. The summed E-state index contributed by atoms with van der Waals surface area (Å²) >= 11 is 0. The summed E-state index contributed by atoms with van der Waals surface area (Å²) in [6.45, 7) is 4.13. The van der Waals surface area contributed by atoms with E-state index in [0.717, 1.165) is 11.3 Å². The van der Waals surface area contributed by atoms with Crippen LogP contribution in [0.15, 0.2) is 24.3 Å². The van der Waals surface area contributed by atoms with Crippen LogP contribution in [0.3, 0.4) is 0 Å². The van der Waals surface area contributed by atoms with Crippen molar-refractivity contribution in [3.8, 4) is 5.75 Å². The molecule has 0 bridgehead atoms. The van der Waals surface area contributed by atoms with Gasteiger partial charge in [-0.1, -0.05) is 12.1 Å². The zero-order valence-electron chi connectivity index (χ0n) is 12.7. The van der Waals surface area contributed by atoms with Gasteiger partial charge in [-0.05, 0) is 24.6 Å². The van der Waals surface area contributed by atoms with Crippen LogP contribution in [0.25, 0.3) is 0 Å². The van der Waals surface area contributed by atoms with Crippen LogP contribution < -0.4 is 10.1 Å². The van der Waals surface area contributed by atoms with E-state index in [1.165, 1.54) is 4.31 Å². The van der Waals surface area contributed by atoms with Crippen LogP contribution in [0.4, 0.5) is 0 Å².